The van der Waals surface area contributed by atoms with Crippen molar-refractivity contribution in [3.05, 3.63) is 23.3 Å². The molecule has 0 spiro atoms. The molecule has 5 nitrogen and oxygen atoms in total. The number of halogens is 2. The molecule has 0 amide bonds. The van der Waals surface area contributed by atoms with E-state index in [1.807, 2.05) is 27.7 Å². The number of rotatable bonds is 1. The third-order valence-corrected chi connectivity index (χ3v) is 4.60. The lowest BCUT2D eigenvalue weighted by Gasteiger charge is -2.33. The molecule has 0 aromatic heterocycles. The van der Waals surface area contributed by atoms with E-state index in [2.05, 4.69) is 0 Å². The van der Waals surface area contributed by atoms with Crippen molar-refractivity contribution in [2.75, 3.05) is 0 Å². The second-order valence-electron chi connectivity index (χ2n) is 7.45. The van der Waals surface area contributed by atoms with Crippen LogP contribution in [0.1, 0.15) is 51.9 Å². The molecule has 0 radical (unpaired) electrons. The Labute approximate surface area is 139 Å². The SMILES string of the molecule is CC1(C)OC(=O)c2c(F)c(F)cc(B3OC(C)(C)C(C)(C)O3)c2O1. The van der Waals surface area contributed by atoms with E-state index in [0.29, 0.717) is 0 Å². The first-order chi connectivity index (χ1) is 10.8. The summed E-state index contributed by atoms with van der Waals surface area (Å²) in [5.74, 6) is -4.93. The zero-order valence-corrected chi connectivity index (χ0v) is 14.5. The summed E-state index contributed by atoms with van der Waals surface area (Å²) in [6, 6.07) is 0.936. The van der Waals surface area contributed by atoms with Crippen molar-refractivity contribution in [2.45, 2.75) is 58.5 Å². The minimum absolute atomic E-state index is 0.117. The fraction of sp³-hybridized carbons (Fsp3) is 0.562. The number of hydrogen-bond acceptors (Lipinski definition) is 5. The quantitative estimate of drug-likeness (QED) is 0.581. The third kappa shape index (κ3) is 2.48. The van der Waals surface area contributed by atoms with Gasteiger partial charge in [0.05, 0.1) is 11.2 Å². The van der Waals surface area contributed by atoms with E-state index in [0.717, 1.165) is 6.07 Å². The lowest BCUT2D eigenvalue weighted by Crippen LogP contribution is -2.45. The maximum absolute atomic E-state index is 14.1. The Bertz CT molecular complexity index is 714. The first-order valence-corrected chi connectivity index (χ1v) is 7.64. The summed E-state index contributed by atoms with van der Waals surface area (Å²) in [5, 5.41) is 0. The molecule has 0 saturated carbocycles. The molecule has 1 aromatic rings. The van der Waals surface area contributed by atoms with Gasteiger partial charge < -0.3 is 18.8 Å². The molecule has 130 valence electrons. The van der Waals surface area contributed by atoms with Crippen molar-refractivity contribution in [3.63, 3.8) is 0 Å². The number of carbonyl (C=O) groups is 1. The van der Waals surface area contributed by atoms with Crippen LogP contribution < -0.4 is 10.2 Å². The number of esters is 1. The van der Waals surface area contributed by atoms with Crippen molar-refractivity contribution < 1.29 is 32.4 Å². The van der Waals surface area contributed by atoms with Gasteiger partial charge in [-0.2, -0.15) is 0 Å². The highest BCUT2D eigenvalue weighted by molar-refractivity contribution is 6.63. The molecule has 0 bridgehead atoms. The van der Waals surface area contributed by atoms with Crippen LogP contribution in [-0.4, -0.2) is 30.1 Å². The fourth-order valence-corrected chi connectivity index (χ4v) is 2.61. The molecule has 3 rings (SSSR count). The lowest BCUT2D eigenvalue weighted by molar-refractivity contribution is -0.127. The molecule has 0 aliphatic carbocycles. The van der Waals surface area contributed by atoms with Crippen LogP contribution in [0.5, 0.6) is 5.75 Å². The summed E-state index contributed by atoms with van der Waals surface area (Å²) in [7, 11) is -0.999. The van der Waals surface area contributed by atoms with Crippen LogP contribution in [0.4, 0.5) is 8.78 Å². The molecule has 0 N–H and O–H groups in total. The van der Waals surface area contributed by atoms with E-state index in [4.69, 9.17) is 18.8 Å². The van der Waals surface area contributed by atoms with Gasteiger partial charge in [-0.25, -0.2) is 13.6 Å². The summed E-state index contributed by atoms with van der Waals surface area (Å²) in [6.07, 6.45) is 0. The summed E-state index contributed by atoms with van der Waals surface area (Å²) in [5.41, 5.74) is -1.83. The average molecular weight is 340 g/mol. The van der Waals surface area contributed by atoms with Crippen molar-refractivity contribution in [1.82, 2.24) is 0 Å². The maximum Gasteiger partial charge on any atom is 0.498 e. The number of hydrogen-bond donors (Lipinski definition) is 0. The smallest absolute Gasteiger partial charge is 0.452 e. The van der Waals surface area contributed by atoms with E-state index in [1.165, 1.54) is 13.8 Å². The second-order valence-corrected chi connectivity index (χ2v) is 7.45. The van der Waals surface area contributed by atoms with Crippen molar-refractivity contribution in [2.24, 2.45) is 0 Å². The zero-order valence-electron chi connectivity index (χ0n) is 14.5. The van der Waals surface area contributed by atoms with Gasteiger partial charge in [0.15, 0.2) is 11.6 Å². The van der Waals surface area contributed by atoms with Crippen LogP contribution in [-0.2, 0) is 14.0 Å². The standard InChI is InChI=1S/C16H19BF2O5/c1-14(2)15(3,4)24-17(23-14)8-7-9(18)11(19)10-12(8)21-16(5,6)22-13(10)20/h7H,1-6H3. The Morgan fingerprint density at radius 2 is 1.50 bits per heavy atom. The Kier molecular flexibility index (Phi) is 3.52. The van der Waals surface area contributed by atoms with Crippen molar-refractivity contribution >= 4 is 18.6 Å². The van der Waals surface area contributed by atoms with E-state index < -0.39 is 47.3 Å². The van der Waals surface area contributed by atoms with Crippen LogP contribution >= 0.6 is 0 Å². The number of cyclic esters (lactones) is 1. The first kappa shape index (κ1) is 17.2. The third-order valence-electron chi connectivity index (χ3n) is 4.60. The van der Waals surface area contributed by atoms with Gasteiger partial charge in [-0.3, -0.25) is 0 Å². The molecular weight excluding hydrogens is 321 g/mol. The van der Waals surface area contributed by atoms with E-state index >= 15 is 0 Å². The molecule has 2 heterocycles. The Morgan fingerprint density at radius 1 is 0.958 bits per heavy atom. The summed E-state index contributed by atoms with van der Waals surface area (Å²) in [4.78, 5) is 12.1. The van der Waals surface area contributed by atoms with Gasteiger partial charge in [-0.1, -0.05) is 0 Å². The molecule has 1 aromatic carbocycles. The highest BCUT2D eigenvalue weighted by Crippen LogP contribution is 2.39. The van der Waals surface area contributed by atoms with Gasteiger partial charge in [0.2, 0.25) is 5.79 Å². The maximum atomic E-state index is 14.1. The zero-order chi connectivity index (χ0) is 18.1. The molecule has 0 atom stereocenters. The van der Waals surface area contributed by atoms with Gasteiger partial charge in [-0.15, -0.1) is 0 Å². The highest BCUT2D eigenvalue weighted by Gasteiger charge is 2.54. The monoisotopic (exact) mass is 340 g/mol. The largest absolute Gasteiger partial charge is 0.498 e. The van der Waals surface area contributed by atoms with Gasteiger partial charge >= 0.3 is 13.1 Å². The first-order valence-electron chi connectivity index (χ1n) is 7.64. The molecule has 1 fully saturated rings. The second kappa shape index (κ2) is 4.92. The minimum atomic E-state index is -1.31. The molecular formula is C16H19BF2O5. The Hall–Kier alpha value is -1.67. The topological polar surface area (TPSA) is 54.0 Å². The molecule has 2 aliphatic heterocycles. The molecule has 1 saturated heterocycles. The Morgan fingerprint density at radius 3 is 2.04 bits per heavy atom. The average Bonchev–Trinajstić information content (AvgIpc) is 2.60. The molecule has 8 heteroatoms. The highest BCUT2D eigenvalue weighted by atomic mass is 19.2. The summed E-state index contributed by atoms with van der Waals surface area (Å²) in [6.45, 7) is 10.3. The minimum Gasteiger partial charge on any atom is -0.452 e. The lowest BCUT2D eigenvalue weighted by atomic mass is 9.77. The summed E-state index contributed by atoms with van der Waals surface area (Å²) >= 11 is 0. The van der Waals surface area contributed by atoms with Crippen molar-refractivity contribution in [1.29, 1.82) is 0 Å². The molecule has 0 unspecified atom stereocenters. The van der Waals surface area contributed by atoms with E-state index in [-0.39, 0.29) is 11.2 Å². The predicted octanol–water partition coefficient (Wildman–Crippen LogP) is 2.55. The van der Waals surface area contributed by atoms with Crippen LogP contribution in [0.25, 0.3) is 0 Å². The number of benzene rings is 1. The van der Waals surface area contributed by atoms with Crippen molar-refractivity contribution in [3.8, 4) is 5.75 Å². The van der Waals surface area contributed by atoms with Gasteiger partial charge in [0.1, 0.15) is 11.3 Å². The van der Waals surface area contributed by atoms with E-state index in [9.17, 15) is 13.6 Å². The molecule has 24 heavy (non-hydrogen) atoms. The molecule has 2 aliphatic rings. The fourth-order valence-electron chi connectivity index (χ4n) is 2.61. The predicted molar refractivity (Wildman–Crippen MR) is 82.2 cm³/mol. The van der Waals surface area contributed by atoms with Gasteiger partial charge in [0, 0.05) is 19.3 Å². The Balaban J connectivity index is 2.16. The number of fused-ring (bicyclic) bond motifs is 1. The normalized spacial score (nSPS) is 23.5. The van der Waals surface area contributed by atoms with Gasteiger partial charge in [-0.05, 0) is 33.8 Å². The number of ether oxygens (including phenoxy) is 2. The van der Waals surface area contributed by atoms with Crippen LogP contribution in [0.3, 0.4) is 0 Å². The van der Waals surface area contributed by atoms with Crippen LogP contribution in [0.2, 0.25) is 0 Å². The van der Waals surface area contributed by atoms with Crippen LogP contribution in [0, 0.1) is 11.6 Å². The van der Waals surface area contributed by atoms with Crippen LogP contribution in [0.15, 0.2) is 6.07 Å². The number of carbonyl (C=O) groups excluding carboxylic acids is 1. The summed E-state index contributed by atoms with van der Waals surface area (Å²) < 4.78 is 50.5. The van der Waals surface area contributed by atoms with E-state index in [1.54, 1.807) is 0 Å². The van der Waals surface area contributed by atoms with Gasteiger partial charge in [0.25, 0.3) is 0 Å².